The molecule has 0 aromatic carbocycles. The van der Waals surface area contributed by atoms with Gasteiger partial charge in [-0.3, -0.25) is 14.4 Å². The van der Waals surface area contributed by atoms with E-state index in [-0.39, 0.29) is 63.5 Å². The summed E-state index contributed by atoms with van der Waals surface area (Å²) in [4.78, 5) is 39.0. The Kier molecular flexibility index (Phi) is 7.63. The number of carboxylic acid groups (broad SMARTS) is 1. The van der Waals surface area contributed by atoms with E-state index in [0.717, 1.165) is 63.4 Å². The molecule has 0 aromatic rings. The van der Waals surface area contributed by atoms with Crippen molar-refractivity contribution in [3.8, 4) is 6.07 Å². The predicted octanol–water partition coefficient (Wildman–Crippen LogP) is 7.46. The Morgan fingerprint density at radius 1 is 1.11 bits per heavy atom. The monoisotopic (exact) mass is 521 g/mol. The number of hydrogen-bond acceptors (Lipinski definition) is 4. The number of ketones is 2. The van der Waals surface area contributed by atoms with Gasteiger partial charge in [-0.2, -0.15) is 5.26 Å². The summed E-state index contributed by atoms with van der Waals surface area (Å²) in [5, 5.41) is 19.4. The van der Waals surface area contributed by atoms with Gasteiger partial charge in [0, 0.05) is 23.7 Å². The molecule has 5 heteroatoms. The average Bonchev–Trinajstić information content (AvgIpc) is 2.87. The zero-order valence-electron chi connectivity index (χ0n) is 24.4. The summed E-state index contributed by atoms with van der Waals surface area (Å²) >= 11 is 0. The van der Waals surface area contributed by atoms with Crippen LogP contribution in [-0.2, 0) is 14.4 Å². The number of nitriles is 1. The maximum Gasteiger partial charge on any atom is 0.303 e. The number of hydrogen-bond donors (Lipinski definition) is 1. The molecule has 0 amide bonds. The molecule has 0 aliphatic heterocycles. The first-order chi connectivity index (χ1) is 17.8. The SMILES string of the molecule is CCCC[C@]1(CCC(=O)O)CC[C@]2(C)C(C(=O)C=C3[C@@]4(C)C=C(C#N)C(=O)[C@@H](C)[C@@H]4CC[C@]32C)C1CCC. The van der Waals surface area contributed by atoms with Crippen LogP contribution in [0.15, 0.2) is 23.3 Å². The number of carboxylic acids is 1. The van der Waals surface area contributed by atoms with Crippen LogP contribution in [-0.4, -0.2) is 22.6 Å². The zero-order valence-corrected chi connectivity index (χ0v) is 24.4. The molecule has 0 bridgehead atoms. The number of Topliss-reactive ketones (excluding diaryl/α,β-unsaturated/α-hetero) is 1. The molecular weight excluding hydrogens is 474 g/mol. The molecule has 8 atom stereocenters. The molecule has 1 N–H and O–H groups in total. The van der Waals surface area contributed by atoms with Gasteiger partial charge in [0.1, 0.15) is 6.07 Å². The Labute approximate surface area is 229 Å². The largest absolute Gasteiger partial charge is 0.481 e. The van der Waals surface area contributed by atoms with Crippen molar-refractivity contribution in [1.29, 1.82) is 5.26 Å². The van der Waals surface area contributed by atoms with Gasteiger partial charge in [0.05, 0.1) is 5.57 Å². The van der Waals surface area contributed by atoms with Crippen LogP contribution in [0.2, 0.25) is 0 Å². The van der Waals surface area contributed by atoms with Gasteiger partial charge in [-0.25, -0.2) is 0 Å². The second kappa shape index (κ2) is 10.1. The van der Waals surface area contributed by atoms with Crippen LogP contribution in [0.5, 0.6) is 0 Å². The van der Waals surface area contributed by atoms with Crippen molar-refractivity contribution in [3.63, 3.8) is 0 Å². The van der Waals surface area contributed by atoms with E-state index >= 15 is 0 Å². The number of allylic oxidation sites excluding steroid dienone is 4. The summed E-state index contributed by atoms with van der Waals surface area (Å²) in [5.41, 5.74) is 0.290. The van der Waals surface area contributed by atoms with E-state index in [9.17, 15) is 24.8 Å². The molecule has 2 unspecified atom stereocenters. The first-order valence-corrected chi connectivity index (χ1v) is 15.0. The molecule has 5 nitrogen and oxygen atoms in total. The third-order valence-electron chi connectivity index (χ3n) is 12.1. The number of nitrogens with zero attached hydrogens (tertiary/aromatic N) is 1. The third-order valence-corrected chi connectivity index (χ3v) is 12.1. The number of carbonyl (C=O) groups excluding carboxylic acids is 2. The third kappa shape index (κ3) is 4.04. The zero-order chi connectivity index (χ0) is 28.1. The van der Waals surface area contributed by atoms with Crippen LogP contribution in [0.3, 0.4) is 0 Å². The Hall–Kier alpha value is -2.22. The van der Waals surface area contributed by atoms with Crippen LogP contribution in [0.1, 0.15) is 112 Å². The van der Waals surface area contributed by atoms with Gasteiger partial charge in [0.2, 0.25) is 0 Å². The molecule has 0 heterocycles. The summed E-state index contributed by atoms with van der Waals surface area (Å²) in [6.45, 7) is 13.2. The van der Waals surface area contributed by atoms with Crippen LogP contribution in [0.25, 0.3) is 0 Å². The summed E-state index contributed by atoms with van der Waals surface area (Å²) in [6.07, 6.45) is 13.4. The van der Waals surface area contributed by atoms with Crippen molar-refractivity contribution in [2.75, 3.05) is 0 Å². The van der Waals surface area contributed by atoms with E-state index < -0.39 is 11.4 Å². The number of aliphatic carboxylic acids is 1. The maximum absolute atomic E-state index is 14.4. The average molecular weight is 522 g/mol. The highest BCUT2D eigenvalue weighted by molar-refractivity contribution is 6.02. The molecule has 0 radical (unpaired) electrons. The van der Waals surface area contributed by atoms with Crippen LogP contribution >= 0.6 is 0 Å². The lowest BCUT2D eigenvalue weighted by Crippen LogP contribution is -2.63. The van der Waals surface area contributed by atoms with Gasteiger partial charge >= 0.3 is 5.97 Å². The first kappa shape index (κ1) is 28.8. The van der Waals surface area contributed by atoms with Crippen LogP contribution in [0, 0.1) is 56.7 Å². The standard InChI is InChI=1S/C33H47NO4/c1-7-9-13-33(15-12-27(36)37)17-16-32(6)28(24(33)10-8-2)25(35)18-26-30(4)19-22(20-34)29(38)21(3)23(30)11-14-31(26,32)5/h18-19,21,23-24,28H,7-17H2,1-6H3,(H,36,37)/t21-,23-,24?,28?,30-,31+,32+,33-/m0/s1. The van der Waals surface area contributed by atoms with Gasteiger partial charge in [-0.1, -0.05) is 72.5 Å². The normalized spacial score (nSPS) is 42.2. The summed E-state index contributed by atoms with van der Waals surface area (Å²) in [7, 11) is 0. The van der Waals surface area contributed by atoms with Gasteiger partial charge in [0.25, 0.3) is 0 Å². The smallest absolute Gasteiger partial charge is 0.303 e. The number of fused-ring (bicyclic) bond motifs is 5. The van der Waals surface area contributed by atoms with E-state index in [1.807, 2.05) is 19.1 Å². The lowest BCUT2D eigenvalue weighted by Gasteiger charge is -2.67. The van der Waals surface area contributed by atoms with E-state index in [0.29, 0.717) is 6.42 Å². The van der Waals surface area contributed by atoms with Crippen molar-refractivity contribution < 1.29 is 19.5 Å². The second-order valence-corrected chi connectivity index (χ2v) is 13.7. The lowest BCUT2D eigenvalue weighted by molar-refractivity contribution is -0.161. The Bertz CT molecular complexity index is 1110. The van der Waals surface area contributed by atoms with Crippen LogP contribution < -0.4 is 0 Å². The minimum atomic E-state index is -0.749. The van der Waals surface area contributed by atoms with Crippen molar-refractivity contribution in [3.05, 3.63) is 23.3 Å². The molecule has 38 heavy (non-hydrogen) atoms. The van der Waals surface area contributed by atoms with E-state index in [4.69, 9.17) is 0 Å². The molecule has 4 rings (SSSR count). The highest BCUT2D eigenvalue weighted by atomic mass is 16.4. The molecule has 0 aromatic heterocycles. The quantitative estimate of drug-likeness (QED) is 0.358. The van der Waals surface area contributed by atoms with Gasteiger partial charge < -0.3 is 5.11 Å². The summed E-state index contributed by atoms with van der Waals surface area (Å²) < 4.78 is 0. The topological polar surface area (TPSA) is 95.2 Å². The van der Waals surface area contributed by atoms with Crippen molar-refractivity contribution in [2.24, 2.45) is 45.3 Å². The fourth-order valence-electron chi connectivity index (χ4n) is 9.85. The minimum Gasteiger partial charge on any atom is -0.481 e. The molecule has 2 saturated carbocycles. The molecular formula is C33H47NO4. The second-order valence-electron chi connectivity index (χ2n) is 13.7. The predicted molar refractivity (Wildman–Crippen MR) is 148 cm³/mol. The lowest BCUT2D eigenvalue weighted by atomic mass is 9.35. The van der Waals surface area contributed by atoms with Crippen molar-refractivity contribution in [1.82, 2.24) is 0 Å². The van der Waals surface area contributed by atoms with Gasteiger partial charge in [-0.05, 0) is 79.1 Å². The van der Waals surface area contributed by atoms with Gasteiger partial charge in [-0.15, -0.1) is 0 Å². The maximum atomic E-state index is 14.4. The minimum absolute atomic E-state index is 0.0646. The van der Waals surface area contributed by atoms with E-state index in [2.05, 4.69) is 40.7 Å². The Balaban J connectivity index is 1.87. The van der Waals surface area contributed by atoms with Crippen LogP contribution in [0.4, 0.5) is 0 Å². The highest BCUT2D eigenvalue weighted by Gasteiger charge is 2.67. The van der Waals surface area contributed by atoms with E-state index in [1.54, 1.807) is 0 Å². The molecule has 208 valence electrons. The number of unbranched alkanes of at least 4 members (excludes halogenated alkanes) is 1. The summed E-state index contributed by atoms with van der Waals surface area (Å²) in [5.74, 6) is -0.727. The van der Waals surface area contributed by atoms with Crippen molar-refractivity contribution in [2.45, 2.75) is 112 Å². The Morgan fingerprint density at radius 2 is 1.82 bits per heavy atom. The molecule has 4 aliphatic rings. The molecule has 0 saturated heterocycles. The number of carbonyl (C=O) groups is 3. The molecule has 0 spiro atoms. The van der Waals surface area contributed by atoms with Gasteiger partial charge in [0.15, 0.2) is 11.6 Å². The fourth-order valence-corrected chi connectivity index (χ4v) is 9.85. The fraction of sp³-hybridized carbons (Fsp3) is 0.758. The Morgan fingerprint density at radius 3 is 2.42 bits per heavy atom. The first-order valence-electron chi connectivity index (χ1n) is 15.0. The molecule has 2 fully saturated rings. The van der Waals surface area contributed by atoms with Crippen molar-refractivity contribution >= 4 is 17.5 Å². The molecule has 4 aliphatic carbocycles. The summed E-state index contributed by atoms with van der Waals surface area (Å²) in [6, 6.07) is 2.16. The highest BCUT2D eigenvalue weighted by Crippen LogP contribution is 2.73. The number of rotatable bonds is 8. The van der Waals surface area contributed by atoms with E-state index in [1.165, 1.54) is 0 Å².